The highest BCUT2D eigenvalue weighted by Crippen LogP contribution is 2.18. The summed E-state index contributed by atoms with van der Waals surface area (Å²) in [7, 11) is 1.68. The summed E-state index contributed by atoms with van der Waals surface area (Å²) in [6.45, 7) is 5.30. The van der Waals surface area contributed by atoms with Crippen LogP contribution in [0.3, 0.4) is 0 Å². The van der Waals surface area contributed by atoms with Crippen molar-refractivity contribution in [2.45, 2.75) is 0 Å². The molecule has 2 nitrogen and oxygen atoms in total. The zero-order valence-electron chi connectivity index (χ0n) is 9.07. The first-order chi connectivity index (χ1) is 7.38. The SMILES string of the molecule is C=CCNCC=Cc1ccccc1OC. The minimum atomic E-state index is 0.830. The van der Waals surface area contributed by atoms with Crippen LogP contribution >= 0.6 is 0 Å². The minimum Gasteiger partial charge on any atom is -0.496 e. The number of ether oxygens (including phenoxy) is 1. The summed E-state index contributed by atoms with van der Waals surface area (Å²) in [4.78, 5) is 0. The fraction of sp³-hybridized carbons (Fsp3) is 0.231. The molecule has 0 aliphatic heterocycles. The van der Waals surface area contributed by atoms with Crippen molar-refractivity contribution in [3.05, 3.63) is 48.6 Å². The lowest BCUT2D eigenvalue weighted by molar-refractivity contribution is 0.414. The summed E-state index contributed by atoms with van der Waals surface area (Å²) in [6.07, 6.45) is 5.97. The van der Waals surface area contributed by atoms with E-state index in [0.717, 1.165) is 24.4 Å². The molecule has 15 heavy (non-hydrogen) atoms. The molecule has 0 aromatic heterocycles. The normalized spacial score (nSPS) is 10.5. The quantitative estimate of drug-likeness (QED) is 0.566. The van der Waals surface area contributed by atoms with Gasteiger partial charge in [-0.25, -0.2) is 0 Å². The molecule has 0 fully saturated rings. The average molecular weight is 203 g/mol. The molecule has 1 N–H and O–H groups in total. The molecule has 0 radical (unpaired) electrons. The molecule has 2 heteroatoms. The van der Waals surface area contributed by atoms with Crippen molar-refractivity contribution in [2.24, 2.45) is 0 Å². The van der Waals surface area contributed by atoms with Crippen LogP contribution in [0, 0.1) is 0 Å². The van der Waals surface area contributed by atoms with E-state index in [9.17, 15) is 0 Å². The Morgan fingerprint density at radius 1 is 1.33 bits per heavy atom. The lowest BCUT2D eigenvalue weighted by Gasteiger charge is -2.03. The first-order valence-corrected chi connectivity index (χ1v) is 4.99. The zero-order chi connectivity index (χ0) is 10.9. The van der Waals surface area contributed by atoms with E-state index < -0.39 is 0 Å². The highest BCUT2D eigenvalue weighted by molar-refractivity contribution is 5.57. The fourth-order valence-corrected chi connectivity index (χ4v) is 1.26. The van der Waals surface area contributed by atoms with E-state index in [1.165, 1.54) is 0 Å². The highest BCUT2D eigenvalue weighted by Gasteiger charge is 1.95. The van der Waals surface area contributed by atoms with Crippen LogP contribution in [0.4, 0.5) is 0 Å². The first kappa shape index (κ1) is 11.5. The van der Waals surface area contributed by atoms with Gasteiger partial charge in [-0.1, -0.05) is 36.4 Å². The standard InChI is InChI=1S/C13H17NO/c1-3-10-14-11-6-8-12-7-4-5-9-13(12)15-2/h3-9,14H,1,10-11H2,2H3. The van der Waals surface area contributed by atoms with Crippen LogP contribution in [0.2, 0.25) is 0 Å². The molecule has 0 atom stereocenters. The Hall–Kier alpha value is -1.54. The second-order valence-corrected chi connectivity index (χ2v) is 3.09. The van der Waals surface area contributed by atoms with Gasteiger partial charge in [-0.15, -0.1) is 6.58 Å². The van der Waals surface area contributed by atoms with Crippen molar-refractivity contribution in [1.82, 2.24) is 5.32 Å². The molecule has 0 unspecified atom stereocenters. The molecule has 1 rings (SSSR count). The van der Waals surface area contributed by atoms with Crippen LogP contribution in [0.15, 0.2) is 43.0 Å². The highest BCUT2D eigenvalue weighted by atomic mass is 16.5. The van der Waals surface area contributed by atoms with Crippen molar-refractivity contribution in [3.8, 4) is 5.75 Å². The van der Waals surface area contributed by atoms with E-state index in [1.54, 1.807) is 7.11 Å². The minimum absolute atomic E-state index is 0.830. The molecular weight excluding hydrogens is 186 g/mol. The third kappa shape index (κ3) is 4.00. The molecule has 0 aliphatic rings. The monoisotopic (exact) mass is 203 g/mol. The van der Waals surface area contributed by atoms with Crippen molar-refractivity contribution in [1.29, 1.82) is 0 Å². The summed E-state index contributed by atoms with van der Waals surface area (Å²) in [5.41, 5.74) is 1.10. The number of rotatable bonds is 6. The van der Waals surface area contributed by atoms with Crippen LogP contribution in [0.5, 0.6) is 5.75 Å². The molecule has 0 spiro atoms. The maximum atomic E-state index is 5.24. The Kier molecular flexibility index (Phi) is 5.26. The molecule has 0 aliphatic carbocycles. The van der Waals surface area contributed by atoms with Gasteiger partial charge in [0.1, 0.15) is 5.75 Å². The molecule has 80 valence electrons. The lowest BCUT2D eigenvalue weighted by atomic mass is 10.2. The second-order valence-electron chi connectivity index (χ2n) is 3.09. The topological polar surface area (TPSA) is 21.3 Å². The van der Waals surface area contributed by atoms with E-state index in [1.807, 2.05) is 30.3 Å². The first-order valence-electron chi connectivity index (χ1n) is 4.99. The third-order valence-electron chi connectivity index (χ3n) is 1.99. The van der Waals surface area contributed by atoms with Gasteiger partial charge >= 0.3 is 0 Å². The van der Waals surface area contributed by atoms with Crippen molar-refractivity contribution in [2.75, 3.05) is 20.2 Å². The number of para-hydroxylation sites is 1. The fourth-order valence-electron chi connectivity index (χ4n) is 1.26. The molecule has 1 aromatic carbocycles. The zero-order valence-corrected chi connectivity index (χ0v) is 9.07. The average Bonchev–Trinajstić information content (AvgIpc) is 2.29. The van der Waals surface area contributed by atoms with Gasteiger partial charge < -0.3 is 10.1 Å². The van der Waals surface area contributed by atoms with Gasteiger partial charge in [0.15, 0.2) is 0 Å². The van der Waals surface area contributed by atoms with Gasteiger partial charge in [-0.05, 0) is 6.07 Å². The smallest absolute Gasteiger partial charge is 0.126 e. The molecule has 0 saturated heterocycles. The number of hydrogen-bond donors (Lipinski definition) is 1. The molecule has 0 amide bonds. The van der Waals surface area contributed by atoms with Crippen LogP contribution in [-0.4, -0.2) is 20.2 Å². The van der Waals surface area contributed by atoms with Crippen molar-refractivity contribution < 1.29 is 4.74 Å². The number of nitrogens with one attached hydrogen (secondary N) is 1. The summed E-state index contributed by atoms with van der Waals surface area (Å²) in [5, 5.41) is 3.20. The maximum Gasteiger partial charge on any atom is 0.126 e. The predicted octanol–water partition coefficient (Wildman–Crippen LogP) is 2.48. The Morgan fingerprint density at radius 2 is 2.13 bits per heavy atom. The predicted molar refractivity (Wildman–Crippen MR) is 65.1 cm³/mol. The molecule has 0 saturated carbocycles. The van der Waals surface area contributed by atoms with E-state index in [2.05, 4.69) is 24.0 Å². The summed E-state index contributed by atoms with van der Waals surface area (Å²) >= 11 is 0. The molecule has 0 bridgehead atoms. The van der Waals surface area contributed by atoms with Crippen LogP contribution in [0.25, 0.3) is 6.08 Å². The Balaban J connectivity index is 2.51. The van der Waals surface area contributed by atoms with E-state index in [-0.39, 0.29) is 0 Å². The van der Waals surface area contributed by atoms with Crippen LogP contribution < -0.4 is 10.1 Å². The second kappa shape index (κ2) is 6.85. The summed E-state index contributed by atoms with van der Waals surface area (Å²) in [6, 6.07) is 7.95. The van der Waals surface area contributed by atoms with Gasteiger partial charge in [0.05, 0.1) is 7.11 Å². The van der Waals surface area contributed by atoms with Crippen molar-refractivity contribution >= 4 is 6.08 Å². The molecule has 1 aromatic rings. The van der Waals surface area contributed by atoms with E-state index >= 15 is 0 Å². The van der Waals surface area contributed by atoms with Crippen LogP contribution in [-0.2, 0) is 0 Å². The summed E-state index contributed by atoms with van der Waals surface area (Å²) < 4.78 is 5.24. The van der Waals surface area contributed by atoms with Gasteiger partial charge in [0, 0.05) is 18.7 Å². The number of benzene rings is 1. The van der Waals surface area contributed by atoms with Crippen molar-refractivity contribution in [3.63, 3.8) is 0 Å². The Morgan fingerprint density at radius 3 is 2.87 bits per heavy atom. The largest absolute Gasteiger partial charge is 0.496 e. The van der Waals surface area contributed by atoms with Gasteiger partial charge in [-0.3, -0.25) is 0 Å². The summed E-state index contributed by atoms with van der Waals surface area (Å²) in [5.74, 6) is 0.900. The number of hydrogen-bond acceptors (Lipinski definition) is 2. The maximum absolute atomic E-state index is 5.24. The van der Waals surface area contributed by atoms with E-state index in [0.29, 0.717) is 0 Å². The Labute approximate surface area is 91.3 Å². The van der Waals surface area contributed by atoms with Gasteiger partial charge in [0.2, 0.25) is 0 Å². The van der Waals surface area contributed by atoms with Crippen LogP contribution in [0.1, 0.15) is 5.56 Å². The lowest BCUT2D eigenvalue weighted by Crippen LogP contribution is -2.12. The molecule has 0 heterocycles. The molecular formula is C13H17NO. The third-order valence-corrected chi connectivity index (χ3v) is 1.99. The van der Waals surface area contributed by atoms with Gasteiger partial charge in [-0.2, -0.15) is 0 Å². The van der Waals surface area contributed by atoms with Gasteiger partial charge in [0.25, 0.3) is 0 Å². The number of methoxy groups -OCH3 is 1. The Bertz CT molecular complexity index is 331. The van der Waals surface area contributed by atoms with E-state index in [4.69, 9.17) is 4.74 Å².